The van der Waals surface area contributed by atoms with Gasteiger partial charge < -0.3 is 23.7 Å². The molecule has 0 bridgehead atoms. The minimum atomic E-state index is -4.84. The van der Waals surface area contributed by atoms with Crippen LogP contribution in [0.25, 0.3) is 10.2 Å². The van der Waals surface area contributed by atoms with Gasteiger partial charge in [0.2, 0.25) is 0 Å². The van der Waals surface area contributed by atoms with Gasteiger partial charge in [-0.3, -0.25) is 0 Å². The summed E-state index contributed by atoms with van der Waals surface area (Å²) >= 11 is 0.952. The first-order valence-corrected chi connectivity index (χ1v) is 8.74. The zero-order valence-corrected chi connectivity index (χ0v) is 16.0. The standard InChI is InChI=1S/C17H16F3N3O5S/c1-4-26-15(24)21-14-23(9-8-22(3)16(25)27-5-2)12-7-6-11(10-13(12)29-14)28-17(18,19)20/h4-7,10H,1-2,8-9H2,3H3/b21-14-. The third-order valence-electron chi connectivity index (χ3n) is 3.41. The Labute approximate surface area is 166 Å². The molecule has 0 unspecified atom stereocenters. The number of likely N-dealkylation sites (N-methyl/N-ethyl adjacent to an activating group) is 1. The summed E-state index contributed by atoms with van der Waals surface area (Å²) in [5.41, 5.74) is 0.486. The SMILES string of the molecule is C=COC(=O)/N=c1\sc2cc(OC(F)(F)F)ccc2n1CCN(C)C(=O)OC=C. The third kappa shape index (κ3) is 6.10. The minimum absolute atomic E-state index is 0.154. The number of ether oxygens (including phenoxy) is 3. The van der Waals surface area contributed by atoms with E-state index in [-0.39, 0.29) is 17.9 Å². The predicted octanol–water partition coefficient (Wildman–Crippen LogP) is 3.99. The van der Waals surface area contributed by atoms with Crippen molar-refractivity contribution >= 4 is 33.7 Å². The molecule has 0 aliphatic heterocycles. The van der Waals surface area contributed by atoms with Crippen LogP contribution in [0.5, 0.6) is 5.75 Å². The summed E-state index contributed by atoms with van der Waals surface area (Å²) in [6.45, 7) is 6.87. The molecule has 0 aliphatic rings. The first-order chi connectivity index (χ1) is 13.6. The van der Waals surface area contributed by atoms with Crippen molar-refractivity contribution in [3.8, 4) is 5.75 Å². The summed E-state index contributed by atoms with van der Waals surface area (Å²) in [5.74, 6) is -0.412. The molecule has 0 radical (unpaired) electrons. The van der Waals surface area contributed by atoms with E-state index in [2.05, 4.69) is 32.4 Å². The molecule has 0 atom stereocenters. The molecule has 0 saturated carbocycles. The molecule has 0 aliphatic carbocycles. The van der Waals surface area contributed by atoms with E-state index in [9.17, 15) is 22.8 Å². The van der Waals surface area contributed by atoms with Crippen molar-refractivity contribution in [1.82, 2.24) is 9.47 Å². The molecule has 0 spiro atoms. The number of thiazole rings is 1. The molecular formula is C17H16F3N3O5S. The van der Waals surface area contributed by atoms with Crippen molar-refractivity contribution in [2.45, 2.75) is 12.9 Å². The van der Waals surface area contributed by atoms with Crippen LogP contribution in [0.4, 0.5) is 22.8 Å². The number of alkyl halides is 3. The summed E-state index contributed by atoms with van der Waals surface area (Å²) in [6, 6.07) is 3.71. The average molecular weight is 431 g/mol. The van der Waals surface area contributed by atoms with Gasteiger partial charge in [-0.1, -0.05) is 24.5 Å². The van der Waals surface area contributed by atoms with Gasteiger partial charge in [-0.25, -0.2) is 9.59 Å². The smallest absolute Gasteiger partial charge is 0.419 e. The van der Waals surface area contributed by atoms with Crippen LogP contribution >= 0.6 is 11.3 Å². The monoisotopic (exact) mass is 431 g/mol. The van der Waals surface area contributed by atoms with Crippen LogP contribution in [0, 0.1) is 0 Å². The number of aromatic nitrogens is 1. The van der Waals surface area contributed by atoms with E-state index in [1.807, 2.05) is 0 Å². The van der Waals surface area contributed by atoms with E-state index in [4.69, 9.17) is 0 Å². The number of nitrogens with zero attached hydrogens (tertiary/aromatic N) is 3. The maximum absolute atomic E-state index is 12.5. The highest BCUT2D eigenvalue weighted by molar-refractivity contribution is 7.16. The van der Waals surface area contributed by atoms with Gasteiger partial charge in [-0.05, 0) is 18.2 Å². The molecule has 2 rings (SSSR count). The number of fused-ring (bicyclic) bond motifs is 1. The summed E-state index contributed by atoms with van der Waals surface area (Å²) in [7, 11) is 1.49. The largest absolute Gasteiger partial charge is 0.573 e. The Morgan fingerprint density at radius 1 is 1.28 bits per heavy atom. The Morgan fingerprint density at radius 3 is 2.59 bits per heavy atom. The Balaban J connectivity index is 2.43. The van der Waals surface area contributed by atoms with Gasteiger partial charge in [-0.2, -0.15) is 0 Å². The fourth-order valence-electron chi connectivity index (χ4n) is 2.23. The van der Waals surface area contributed by atoms with Crippen molar-refractivity contribution in [2.24, 2.45) is 4.99 Å². The molecule has 1 aromatic carbocycles. The summed E-state index contributed by atoms with van der Waals surface area (Å²) in [6.07, 6.45) is -4.55. The van der Waals surface area contributed by atoms with E-state index < -0.39 is 24.3 Å². The first-order valence-electron chi connectivity index (χ1n) is 7.92. The molecule has 1 aromatic heterocycles. The van der Waals surface area contributed by atoms with Crippen molar-refractivity contribution < 1.29 is 37.0 Å². The van der Waals surface area contributed by atoms with Crippen LogP contribution in [0.2, 0.25) is 0 Å². The lowest BCUT2D eigenvalue weighted by molar-refractivity contribution is -0.274. The summed E-state index contributed by atoms with van der Waals surface area (Å²) < 4.78 is 52.5. The van der Waals surface area contributed by atoms with E-state index in [1.54, 1.807) is 4.57 Å². The van der Waals surface area contributed by atoms with Gasteiger partial charge in [-0.15, -0.1) is 18.2 Å². The van der Waals surface area contributed by atoms with Gasteiger partial charge in [0.1, 0.15) is 5.75 Å². The van der Waals surface area contributed by atoms with Crippen molar-refractivity contribution in [1.29, 1.82) is 0 Å². The third-order valence-corrected chi connectivity index (χ3v) is 4.45. The molecule has 156 valence electrons. The molecule has 2 amide bonds. The lowest BCUT2D eigenvalue weighted by atomic mass is 10.3. The summed E-state index contributed by atoms with van der Waals surface area (Å²) in [5, 5.41) is 0. The van der Waals surface area contributed by atoms with Crippen molar-refractivity contribution in [2.75, 3.05) is 13.6 Å². The van der Waals surface area contributed by atoms with Gasteiger partial charge >= 0.3 is 18.5 Å². The number of hydrogen-bond donors (Lipinski definition) is 0. The second-order valence-corrected chi connectivity index (χ2v) is 6.36. The molecule has 2 aromatic rings. The zero-order chi connectivity index (χ0) is 21.6. The van der Waals surface area contributed by atoms with E-state index in [0.29, 0.717) is 10.2 Å². The second kappa shape index (κ2) is 9.28. The van der Waals surface area contributed by atoms with Gasteiger partial charge in [0.15, 0.2) is 4.80 Å². The fraction of sp³-hybridized carbons (Fsp3) is 0.235. The number of benzene rings is 1. The number of amides is 2. The van der Waals surface area contributed by atoms with E-state index in [1.165, 1.54) is 24.1 Å². The second-order valence-electron chi connectivity index (χ2n) is 5.35. The molecule has 0 fully saturated rings. The molecule has 12 heteroatoms. The highest BCUT2D eigenvalue weighted by atomic mass is 32.1. The lowest BCUT2D eigenvalue weighted by Gasteiger charge is -2.16. The van der Waals surface area contributed by atoms with Gasteiger partial charge in [0, 0.05) is 20.1 Å². The first kappa shape index (κ1) is 22.0. The van der Waals surface area contributed by atoms with Crippen molar-refractivity contribution in [3.63, 3.8) is 0 Å². The Morgan fingerprint density at radius 2 is 1.97 bits per heavy atom. The lowest BCUT2D eigenvalue weighted by Crippen LogP contribution is -2.31. The van der Waals surface area contributed by atoms with Crippen LogP contribution in [-0.4, -0.2) is 41.6 Å². The minimum Gasteiger partial charge on any atom is -0.419 e. The maximum atomic E-state index is 12.5. The highest BCUT2D eigenvalue weighted by Gasteiger charge is 2.31. The maximum Gasteiger partial charge on any atom is 0.573 e. The quantitative estimate of drug-likeness (QED) is 0.646. The summed E-state index contributed by atoms with van der Waals surface area (Å²) in [4.78, 5) is 28.6. The number of carbonyl (C=O) groups is 2. The van der Waals surface area contributed by atoms with E-state index >= 15 is 0 Å². The average Bonchev–Trinajstić information content (AvgIpc) is 2.94. The fourth-order valence-corrected chi connectivity index (χ4v) is 3.30. The molecule has 8 nitrogen and oxygen atoms in total. The number of halogens is 3. The van der Waals surface area contributed by atoms with Crippen LogP contribution in [0.15, 0.2) is 48.9 Å². The Kier molecular flexibility index (Phi) is 7.04. The van der Waals surface area contributed by atoms with Crippen LogP contribution in [0.1, 0.15) is 0 Å². The Hall–Kier alpha value is -3.28. The normalized spacial score (nSPS) is 11.8. The topological polar surface area (TPSA) is 82.4 Å². The molecule has 0 saturated heterocycles. The van der Waals surface area contributed by atoms with Gasteiger partial charge in [0.25, 0.3) is 0 Å². The molecule has 1 heterocycles. The van der Waals surface area contributed by atoms with E-state index in [0.717, 1.165) is 29.9 Å². The number of carbonyl (C=O) groups excluding carboxylic acids is 2. The number of hydrogen-bond acceptors (Lipinski definition) is 6. The van der Waals surface area contributed by atoms with Crippen LogP contribution in [-0.2, 0) is 16.0 Å². The molecule has 0 N–H and O–H groups in total. The molecule has 29 heavy (non-hydrogen) atoms. The zero-order valence-electron chi connectivity index (χ0n) is 15.1. The van der Waals surface area contributed by atoms with Crippen LogP contribution < -0.4 is 9.54 Å². The van der Waals surface area contributed by atoms with Crippen molar-refractivity contribution in [3.05, 3.63) is 48.7 Å². The highest BCUT2D eigenvalue weighted by Crippen LogP contribution is 2.28. The van der Waals surface area contributed by atoms with Crippen LogP contribution in [0.3, 0.4) is 0 Å². The number of rotatable bonds is 6. The predicted molar refractivity (Wildman–Crippen MR) is 98.0 cm³/mol. The Bertz CT molecular complexity index is 996. The van der Waals surface area contributed by atoms with Gasteiger partial charge in [0.05, 0.1) is 22.7 Å². The molecular weight excluding hydrogens is 415 g/mol.